The lowest BCUT2D eigenvalue weighted by atomic mass is 9.81. The Morgan fingerprint density at radius 1 is 0.762 bits per heavy atom. The summed E-state index contributed by atoms with van der Waals surface area (Å²) in [5, 5.41) is 0. The number of rotatable bonds is 10. The molecular weight excluding hydrogens is 604 g/mol. The summed E-state index contributed by atoms with van der Waals surface area (Å²) in [6.45, 7) is -0.224. The zero-order chi connectivity index (χ0) is 29.3. The minimum Gasteiger partial charge on any atom is -0.456 e. The molecule has 4 amide bonds. The van der Waals surface area contributed by atoms with Gasteiger partial charge in [0.15, 0.2) is 12.4 Å². The normalized spacial score (nSPS) is 34.9. The number of fused-ring (bicyclic) bond motifs is 10. The minimum atomic E-state index is -1.13. The second-order valence-electron chi connectivity index (χ2n) is 13.2. The molecular formula is C32H35BrN2O7. The lowest BCUT2D eigenvalue weighted by molar-refractivity contribution is -0.159. The second-order valence-corrected chi connectivity index (χ2v) is 14.1. The number of esters is 1. The SMILES string of the molecule is O=C(COC(=O)[C@H](CCCCN1C(=O)[C@@H]2[C@H]3CC[C@@H](C3)[C@@H]2C1=O)N1C(=O)[C@H]2[C@H]3CC[C@@H](C3)[C@@H]2C1=O)c1ccc(Br)cc1. The number of halogens is 1. The number of ketones is 1. The van der Waals surface area contributed by atoms with Crippen molar-refractivity contribution in [3.8, 4) is 0 Å². The first-order chi connectivity index (χ1) is 20.2. The Balaban J connectivity index is 1.02. The van der Waals surface area contributed by atoms with Crippen molar-refractivity contribution < 1.29 is 33.5 Å². The Morgan fingerprint density at radius 2 is 1.26 bits per heavy atom. The van der Waals surface area contributed by atoms with Crippen LogP contribution in [0.15, 0.2) is 28.7 Å². The number of likely N-dealkylation sites (tertiary alicyclic amines) is 2. The molecule has 6 aliphatic rings. The molecule has 1 aromatic carbocycles. The molecule has 4 bridgehead atoms. The molecule has 7 rings (SSSR count). The van der Waals surface area contributed by atoms with Gasteiger partial charge >= 0.3 is 5.97 Å². The van der Waals surface area contributed by atoms with Crippen LogP contribution in [0, 0.1) is 47.3 Å². The number of carbonyl (C=O) groups is 6. The van der Waals surface area contributed by atoms with Gasteiger partial charge in [-0.2, -0.15) is 0 Å². The van der Waals surface area contributed by atoms with Crippen LogP contribution in [-0.2, 0) is 28.7 Å². The number of ether oxygens (including phenoxy) is 1. The van der Waals surface area contributed by atoms with Crippen LogP contribution in [0.4, 0.5) is 0 Å². The van der Waals surface area contributed by atoms with E-state index in [2.05, 4.69) is 15.9 Å². The third-order valence-corrected chi connectivity index (χ3v) is 11.7. The lowest BCUT2D eigenvalue weighted by Gasteiger charge is -2.26. The van der Waals surface area contributed by atoms with E-state index in [0.29, 0.717) is 30.2 Å². The van der Waals surface area contributed by atoms with Crippen molar-refractivity contribution in [3.63, 3.8) is 0 Å². The molecule has 4 saturated carbocycles. The predicted octanol–water partition coefficient (Wildman–Crippen LogP) is 3.78. The monoisotopic (exact) mass is 638 g/mol. The van der Waals surface area contributed by atoms with E-state index in [4.69, 9.17) is 4.74 Å². The quantitative estimate of drug-likeness (QED) is 0.166. The van der Waals surface area contributed by atoms with E-state index < -0.39 is 18.6 Å². The second kappa shape index (κ2) is 10.7. The van der Waals surface area contributed by atoms with Crippen LogP contribution >= 0.6 is 15.9 Å². The molecule has 4 aliphatic carbocycles. The summed E-state index contributed by atoms with van der Waals surface area (Å²) in [5.74, 6) is -1.95. The van der Waals surface area contributed by atoms with Crippen molar-refractivity contribution in [3.05, 3.63) is 34.3 Å². The number of Topliss-reactive ketones (excluding diaryl/α,β-unsaturated/α-hetero) is 1. The van der Waals surface area contributed by atoms with Gasteiger partial charge in [-0.3, -0.25) is 33.8 Å². The third-order valence-electron chi connectivity index (χ3n) is 11.2. The molecule has 0 spiro atoms. The number of carbonyl (C=O) groups excluding carboxylic acids is 6. The number of nitrogens with zero attached hydrogens (tertiary/aromatic N) is 2. The molecule has 9 nitrogen and oxygen atoms in total. The van der Waals surface area contributed by atoms with Crippen molar-refractivity contribution in [2.45, 2.75) is 63.8 Å². The Labute approximate surface area is 252 Å². The van der Waals surface area contributed by atoms with Crippen LogP contribution in [0.1, 0.15) is 68.1 Å². The minimum absolute atomic E-state index is 0.0622. The number of hydrogen-bond acceptors (Lipinski definition) is 7. The highest BCUT2D eigenvalue weighted by atomic mass is 79.9. The molecule has 2 saturated heterocycles. The average molecular weight is 640 g/mol. The molecule has 1 aromatic rings. The van der Waals surface area contributed by atoms with Crippen LogP contribution in [0.3, 0.4) is 0 Å². The molecule has 2 aliphatic heterocycles. The maximum absolute atomic E-state index is 13.6. The standard InChI is InChI=1S/C32H35BrN2O7/c33-21-10-8-16(9-11-21)23(36)15-42-32(41)22(35-30(39)26-19-6-7-20(14-19)27(26)31(35)40)3-1-2-12-34-28(37)24-17-4-5-18(13-17)25(24)29(34)38/h8-11,17-20,22,24-27H,1-7,12-15H2/t17-,18-,19-,20-,22-,24-,25+,26-,27-/m0/s1. The van der Waals surface area contributed by atoms with Gasteiger partial charge in [-0.25, -0.2) is 4.79 Å². The van der Waals surface area contributed by atoms with E-state index in [1.54, 1.807) is 24.3 Å². The highest BCUT2D eigenvalue weighted by Crippen LogP contribution is 2.57. The largest absolute Gasteiger partial charge is 0.456 e. The number of imide groups is 2. The fourth-order valence-corrected chi connectivity index (χ4v) is 9.61. The summed E-state index contributed by atoms with van der Waals surface area (Å²) in [7, 11) is 0. The van der Waals surface area contributed by atoms with Crippen molar-refractivity contribution in [2.24, 2.45) is 47.3 Å². The van der Waals surface area contributed by atoms with Gasteiger partial charge < -0.3 is 4.74 Å². The fraction of sp³-hybridized carbons (Fsp3) is 0.625. The van der Waals surface area contributed by atoms with Gasteiger partial charge in [-0.15, -0.1) is 0 Å². The number of unbranched alkanes of at least 4 members (excludes halogenated alkanes) is 1. The topological polar surface area (TPSA) is 118 Å². The Bertz CT molecular complexity index is 1300. The summed E-state index contributed by atoms with van der Waals surface area (Å²) in [6, 6.07) is 5.57. The van der Waals surface area contributed by atoms with Crippen LogP contribution in [0.2, 0.25) is 0 Å². The molecule has 0 unspecified atom stereocenters. The zero-order valence-corrected chi connectivity index (χ0v) is 25.0. The molecule has 10 heteroatoms. The van der Waals surface area contributed by atoms with Crippen molar-refractivity contribution in [1.29, 1.82) is 0 Å². The summed E-state index contributed by atoms with van der Waals surface area (Å²) in [4.78, 5) is 81.9. The molecule has 0 radical (unpaired) electrons. The van der Waals surface area contributed by atoms with E-state index in [0.717, 1.165) is 47.9 Å². The van der Waals surface area contributed by atoms with E-state index in [-0.39, 0.29) is 77.9 Å². The van der Waals surface area contributed by atoms with Crippen molar-refractivity contribution in [2.75, 3.05) is 13.2 Å². The Morgan fingerprint density at radius 3 is 1.79 bits per heavy atom. The summed E-state index contributed by atoms with van der Waals surface area (Å²) in [5.41, 5.74) is 0.389. The molecule has 42 heavy (non-hydrogen) atoms. The van der Waals surface area contributed by atoms with Gasteiger partial charge in [0.05, 0.1) is 23.7 Å². The third kappa shape index (κ3) is 4.38. The van der Waals surface area contributed by atoms with Crippen LogP contribution in [0.25, 0.3) is 0 Å². The number of benzene rings is 1. The first-order valence-corrected chi connectivity index (χ1v) is 16.2. The lowest BCUT2D eigenvalue weighted by Crippen LogP contribution is -2.47. The van der Waals surface area contributed by atoms with Gasteiger partial charge in [-0.05, 0) is 93.6 Å². The first-order valence-electron chi connectivity index (χ1n) is 15.4. The highest BCUT2D eigenvalue weighted by Gasteiger charge is 2.63. The van der Waals surface area contributed by atoms with Crippen LogP contribution < -0.4 is 0 Å². The predicted molar refractivity (Wildman–Crippen MR) is 151 cm³/mol. The fourth-order valence-electron chi connectivity index (χ4n) is 9.34. The van der Waals surface area contributed by atoms with Gasteiger partial charge in [0.1, 0.15) is 6.04 Å². The maximum Gasteiger partial charge on any atom is 0.329 e. The maximum atomic E-state index is 13.6. The average Bonchev–Trinajstić information content (AvgIpc) is 3.83. The van der Waals surface area contributed by atoms with E-state index >= 15 is 0 Å². The Hall–Kier alpha value is -2.88. The van der Waals surface area contributed by atoms with Gasteiger partial charge in [0, 0.05) is 16.6 Å². The summed E-state index contributed by atoms with van der Waals surface area (Å²) < 4.78 is 6.25. The molecule has 0 N–H and O–H groups in total. The van der Waals surface area contributed by atoms with Crippen LogP contribution in [-0.4, -0.2) is 64.4 Å². The highest BCUT2D eigenvalue weighted by molar-refractivity contribution is 9.10. The summed E-state index contributed by atoms with van der Waals surface area (Å²) in [6.07, 6.45) is 6.80. The van der Waals surface area contributed by atoms with E-state index in [1.807, 2.05) is 0 Å². The summed E-state index contributed by atoms with van der Waals surface area (Å²) >= 11 is 3.33. The number of amides is 4. The molecule has 6 fully saturated rings. The Kier molecular flexibility index (Phi) is 7.10. The first kappa shape index (κ1) is 27.9. The van der Waals surface area contributed by atoms with Gasteiger partial charge in [0.25, 0.3) is 0 Å². The zero-order valence-electron chi connectivity index (χ0n) is 23.4. The van der Waals surface area contributed by atoms with Gasteiger partial charge in [0.2, 0.25) is 23.6 Å². The molecule has 2 heterocycles. The van der Waals surface area contributed by atoms with E-state index in [1.165, 1.54) is 4.90 Å². The smallest absolute Gasteiger partial charge is 0.329 e. The molecule has 0 aromatic heterocycles. The van der Waals surface area contributed by atoms with Crippen molar-refractivity contribution in [1.82, 2.24) is 9.80 Å². The molecule has 9 atom stereocenters. The van der Waals surface area contributed by atoms with Gasteiger partial charge in [-0.1, -0.05) is 28.1 Å². The van der Waals surface area contributed by atoms with E-state index in [9.17, 15) is 28.8 Å². The molecule has 222 valence electrons. The van der Waals surface area contributed by atoms with Crippen molar-refractivity contribution >= 4 is 51.3 Å². The van der Waals surface area contributed by atoms with Crippen LogP contribution in [0.5, 0.6) is 0 Å². The number of hydrogen-bond donors (Lipinski definition) is 0.